The fourth-order valence-corrected chi connectivity index (χ4v) is 3.37. The minimum Gasteiger partial charge on any atom is -0.497 e. The fourth-order valence-electron chi connectivity index (χ4n) is 2.50. The molecule has 0 saturated heterocycles. The second-order valence-corrected chi connectivity index (χ2v) is 7.10. The molecule has 1 aromatic heterocycles. The van der Waals surface area contributed by atoms with Gasteiger partial charge in [-0.3, -0.25) is 0 Å². The molecule has 136 valence electrons. The second-order valence-electron chi connectivity index (χ2n) is 5.82. The number of ether oxygens (including phenoxy) is 1. The Kier molecular flexibility index (Phi) is 7.73. The zero-order chi connectivity index (χ0) is 18.1. The van der Waals surface area contributed by atoms with Crippen LogP contribution >= 0.6 is 11.3 Å². The maximum Gasteiger partial charge on any atom is 0.191 e. The number of guanidine groups is 1. The first-order valence-electron chi connectivity index (χ1n) is 8.70. The maximum atomic E-state index is 5.19. The Morgan fingerprint density at radius 1 is 1.20 bits per heavy atom. The Hall–Kier alpha value is -2.08. The van der Waals surface area contributed by atoms with E-state index in [9.17, 15) is 0 Å². The SMILES string of the molecule is CCNC(=NCc1sc(C)nc1C)NCCCc1ccc(OC)cc1. The van der Waals surface area contributed by atoms with Gasteiger partial charge >= 0.3 is 0 Å². The van der Waals surface area contributed by atoms with Crippen LogP contribution in [0.1, 0.15) is 34.5 Å². The van der Waals surface area contributed by atoms with Gasteiger partial charge in [0.25, 0.3) is 0 Å². The lowest BCUT2D eigenvalue weighted by molar-refractivity contribution is 0.414. The molecule has 0 saturated carbocycles. The topological polar surface area (TPSA) is 58.5 Å². The van der Waals surface area contributed by atoms with Crippen LogP contribution in [0.5, 0.6) is 5.75 Å². The fraction of sp³-hybridized carbons (Fsp3) is 0.474. The van der Waals surface area contributed by atoms with Gasteiger partial charge in [-0.05, 0) is 51.3 Å². The molecule has 0 unspecified atom stereocenters. The van der Waals surface area contributed by atoms with Gasteiger partial charge in [-0.1, -0.05) is 12.1 Å². The highest BCUT2D eigenvalue weighted by Crippen LogP contribution is 2.17. The van der Waals surface area contributed by atoms with Gasteiger partial charge in [-0.25, -0.2) is 9.98 Å². The van der Waals surface area contributed by atoms with Crippen molar-refractivity contribution in [1.29, 1.82) is 0 Å². The van der Waals surface area contributed by atoms with E-state index in [4.69, 9.17) is 4.74 Å². The van der Waals surface area contributed by atoms with Gasteiger partial charge in [0.05, 0.1) is 24.4 Å². The molecule has 0 aliphatic heterocycles. The van der Waals surface area contributed by atoms with Gasteiger partial charge in [0.1, 0.15) is 5.75 Å². The Morgan fingerprint density at radius 3 is 2.56 bits per heavy atom. The van der Waals surface area contributed by atoms with Crippen molar-refractivity contribution >= 4 is 17.3 Å². The highest BCUT2D eigenvalue weighted by molar-refractivity contribution is 7.11. The van der Waals surface area contributed by atoms with Crippen molar-refractivity contribution in [2.75, 3.05) is 20.2 Å². The normalized spacial score (nSPS) is 11.4. The molecule has 2 aromatic rings. The molecule has 0 aliphatic carbocycles. The number of hydrogen-bond donors (Lipinski definition) is 2. The summed E-state index contributed by atoms with van der Waals surface area (Å²) < 4.78 is 5.19. The lowest BCUT2D eigenvalue weighted by Crippen LogP contribution is -2.37. The summed E-state index contributed by atoms with van der Waals surface area (Å²) in [4.78, 5) is 10.4. The molecule has 6 heteroatoms. The highest BCUT2D eigenvalue weighted by atomic mass is 32.1. The van der Waals surface area contributed by atoms with Gasteiger partial charge in [-0.15, -0.1) is 11.3 Å². The predicted octanol–water partition coefficient (Wildman–Crippen LogP) is 3.46. The van der Waals surface area contributed by atoms with Gasteiger partial charge in [0, 0.05) is 18.0 Å². The molecule has 0 atom stereocenters. The first-order chi connectivity index (χ1) is 12.1. The first kappa shape index (κ1) is 19.2. The van der Waals surface area contributed by atoms with Crippen LogP contribution in [0.3, 0.4) is 0 Å². The van der Waals surface area contributed by atoms with Crippen LogP contribution in [0.15, 0.2) is 29.3 Å². The van der Waals surface area contributed by atoms with Crippen molar-refractivity contribution in [2.45, 2.75) is 40.2 Å². The van der Waals surface area contributed by atoms with Crippen molar-refractivity contribution in [3.05, 3.63) is 45.4 Å². The van der Waals surface area contributed by atoms with E-state index >= 15 is 0 Å². The minimum atomic E-state index is 0.672. The number of rotatable bonds is 8. The van der Waals surface area contributed by atoms with E-state index in [2.05, 4.69) is 39.7 Å². The summed E-state index contributed by atoms with van der Waals surface area (Å²) in [5.74, 6) is 1.76. The third-order valence-corrected chi connectivity index (χ3v) is 4.88. The molecule has 0 radical (unpaired) electrons. The first-order valence-corrected chi connectivity index (χ1v) is 9.52. The van der Waals surface area contributed by atoms with E-state index in [0.29, 0.717) is 6.54 Å². The number of aliphatic imine (C=N–C) groups is 1. The lowest BCUT2D eigenvalue weighted by Gasteiger charge is -2.11. The monoisotopic (exact) mass is 360 g/mol. The number of nitrogens with zero attached hydrogens (tertiary/aromatic N) is 2. The van der Waals surface area contributed by atoms with Crippen molar-refractivity contribution in [1.82, 2.24) is 15.6 Å². The van der Waals surface area contributed by atoms with Crippen molar-refractivity contribution < 1.29 is 4.74 Å². The average Bonchev–Trinajstić information content (AvgIpc) is 2.94. The van der Waals surface area contributed by atoms with Gasteiger partial charge in [0.15, 0.2) is 5.96 Å². The molecule has 25 heavy (non-hydrogen) atoms. The van der Waals surface area contributed by atoms with E-state index in [1.807, 2.05) is 26.0 Å². The van der Waals surface area contributed by atoms with E-state index in [0.717, 1.165) is 48.3 Å². The molecule has 0 fully saturated rings. The lowest BCUT2D eigenvalue weighted by atomic mass is 10.1. The molecule has 2 N–H and O–H groups in total. The summed E-state index contributed by atoms with van der Waals surface area (Å²) in [6, 6.07) is 8.25. The standard InChI is InChI=1S/C19H28N4OS/c1-5-20-19(22-13-18-14(2)23-15(3)25-18)21-12-6-7-16-8-10-17(24-4)11-9-16/h8-11H,5-7,12-13H2,1-4H3,(H2,20,21,22). The summed E-state index contributed by atoms with van der Waals surface area (Å²) in [6.07, 6.45) is 2.08. The zero-order valence-corrected chi connectivity index (χ0v) is 16.4. The van der Waals surface area contributed by atoms with Gasteiger partial charge in [-0.2, -0.15) is 0 Å². The number of methoxy groups -OCH3 is 1. The van der Waals surface area contributed by atoms with Crippen molar-refractivity contribution in [3.8, 4) is 5.75 Å². The predicted molar refractivity (Wildman–Crippen MR) is 106 cm³/mol. The van der Waals surface area contributed by atoms with E-state index < -0.39 is 0 Å². The van der Waals surface area contributed by atoms with Gasteiger partial charge in [0.2, 0.25) is 0 Å². The van der Waals surface area contributed by atoms with E-state index in [1.165, 1.54) is 10.4 Å². The molecular formula is C19H28N4OS. The average molecular weight is 361 g/mol. The van der Waals surface area contributed by atoms with Crippen LogP contribution in [0.25, 0.3) is 0 Å². The number of benzene rings is 1. The summed E-state index contributed by atoms with van der Waals surface area (Å²) in [5, 5.41) is 7.81. The summed E-state index contributed by atoms with van der Waals surface area (Å²) in [5.41, 5.74) is 2.40. The Balaban J connectivity index is 1.80. The third kappa shape index (κ3) is 6.38. The molecule has 1 aromatic carbocycles. The summed E-state index contributed by atoms with van der Waals surface area (Å²) in [6.45, 7) is 8.57. The van der Waals surface area contributed by atoms with Crippen LogP contribution in [-0.4, -0.2) is 31.1 Å². The van der Waals surface area contributed by atoms with Crippen molar-refractivity contribution in [3.63, 3.8) is 0 Å². The number of nitrogens with one attached hydrogen (secondary N) is 2. The highest BCUT2D eigenvalue weighted by Gasteiger charge is 2.05. The zero-order valence-electron chi connectivity index (χ0n) is 15.6. The summed E-state index contributed by atoms with van der Waals surface area (Å²) in [7, 11) is 1.69. The molecular weight excluding hydrogens is 332 g/mol. The Labute approximate surface area is 154 Å². The van der Waals surface area contributed by atoms with Crippen molar-refractivity contribution in [2.24, 2.45) is 4.99 Å². The van der Waals surface area contributed by atoms with E-state index in [1.54, 1.807) is 18.4 Å². The quantitative estimate of drug-likeness (QED) is 0.430. The molecule has 1 heterocycles. The molecule has 2 rings (SSSR count). The Bertz CT molecular complexity index is 679. The summed E-state index contributed by atoms with van der Waals surface area (Å²) >= 11 is 1.72. The van der Waals surface area contributed by atoms with Crippen LogP contribution in [0.4, 0.5) is 0 Å². The third-order valence-electron chi connectivity index (χ3n) is 3.82. The molecule has 0 spiro atoms. The number of thiazole rings is 1. The molecule has 0 bridgehead atoms. The number of aromatic nitrogens is 1. The maximum absolute atomic E-state index is 5.19. The smallest absolute Gasteiger partial charge is 0.191 e. The van der Waals surface area contributed by atoms with Crippen LogP contribution < -0.4 is 15.4 Å². The Morgan fingerprint density at radius 2 is 1.96 bits per heavy atom. The molecule has 0 aliphatic rings. The number of aryl methyl sites for hydroxylation is 3. The van der Waals surface area contributed by atoms with Crippen LogP contribution in [0, 0.1) is 13.8 Å². The number of hydrogen-bond acceptors (Lipinski definition) is 4. The minimum absolute atomic E-state index is 0.672. The second kappa shape index (κ2) is 10.0. The van der Waals surface area contributed by atoms with Gasteiger partial charge < -0.3 is 15.4 Å². The van der Waals surface area contributed by atoms with E-state index in [-0.39, 0.29) is 0 Å². The van der Waals surface area contributed by atoms with Crippen LogP contribution in [0.2, 0.25) is 0 Å². The molecule has 0 amide bonds. The largest absolute Gasteiger partial charge is 0.497 e. The molecule has 5 nitrogen and oxygen atoms in total. The van der Waals surface area contributed by atoms with Crippen LogP contribution in [-0.2, 0) is 13.0 Å².